The highest BCUT2D eigenvalue weighted by Gasteiger charge is 2.31. The first kappa shape index (κ1) is 15.1. The first-order valence-electron chi connectivity index (χ1n) is 7.42. The van der Waals surface area contributed by atoms with Gasteiger partial charge in [0.25, 0.3) is 0 Å². The standard InChI is InChI=1S/C14H25N3O3/c1-15-7-4-6-12(15)10-16(2)14(20)17-8-3-5-11(9-17)13(18)19/h11-12H,3-10H2,1-2H3,(H,18,19)/t11-,12?/m0/s1. The summed E-state index contributed by atoms with van der Waals surface area (Å²) in [4.78, 5) is 29.2. The van der Waals surface area contributed by atoms with Crippen LogP contribution < -0.4 is 0 Å². The van der Waals surface area contributed by atoms with Gasteiger partial charge >= 0.3 is 12.0 Å². The van der Waals surface area contributed by atoms with Crippen molar-refractivity contribution in [1.29, 1.82) is 0 Å². The van der Waals surface area contributed by atoms with Crippen LogP contribution in [0, 0.1) is 5.92 Å². The van der Waals surface area contributed by atoms with E-state index < -0.39 is 11.9 Å². The van der Waals surface area contributed by atoms with E-state index in [4.69, 9.17) is 5.11 Å². The van der Waals surface area contributed by atoms with Crippen LogP contribution in [0.15, 0.2) is 0 Å². The number of nitrogens with zero attached hydrogens (tertiary/aromatic N) is 3. The zero-order chi connectivity index (χ0) is 14.7. The molecule has 2 rings (SSSR count). The molecule has 0 aromatic carbocycles. The summed E-state index contributed by atoms with van der Waals surface area (Å²) in [5, 5.41) is 9.08. The van der Waals surface area contributed by atoms with Gasteiger partial charge in [-0.15, -0.1) is 0 Å². The lowest BCUT2D eigenvalue weighted by atomic mass is 9.98. The van der Waals surface area contributed by atoms with Gasteiger partial charge in [0, 0.05) is 32.7 Å². The van der Waals surface area contributed by atoms with E-state index in [9.17, 15) is 9.59 Å². The van der Waals surface area contributed by atoms with E-state index >= 15 is 0 Å². The Morgan fingerprint density at radius 2 is 1.95 bits per heavy atom. The summed E-state index contributed by atoms with van der Waals surface area (Å²) in [7, 11) is 3.91. The molecule has 2 amide bonds. The number of urea groups is 1. The molecule has 2 fully saturated rings. The SMILES string of the molecule is CN(CC1CCCN1C)C(=O)N1CCC[C@H](C(=O)O)C1. The summed E-state index contributed by atoms with van der Waals surface area (Å²) in [6, 6.07) is 0.403. The quantitative estimate of drug-likeness (QED) is 0.837. The van der Waals surface area contributed by atoms with Gasteiger partial charge in [0.15, 0.2) is 0 Å². The average molecular weight is 283 g/mol. The number of amides is 2. The van der Waals surface area contributed by atoms with E-state index in [1.54, 1.807) is 9.80 Å². The fourth-order valence-corrected chi connectivity index (χ4v) is 3.20. The maximum absolute atomic E-state index is 12.4. The molecule has 1 N–H and O–H groups in total. The van der Waals surface area contributed by atoms with Gasteiger partial charge in [0.1, 0.15) is 0 Å². The second-order valence-electron chi connectivity index (χ2n) is 6.06. The van der Waals surface area contributed by atoms with Crippen LogP contribution >= 0.6 is 0 Å². The lowest BCUT2D eigenvalue weighted by Gasteiger charge is -2.35. The summed E-state index contributed by atoms with van der Waals surface area (Å²) >= 11 is 0. The predicted molar refractivity (Wildman–Crippen MR) is 75.6 cm³/mol. The van der Waals surface area contributed by atoms with Gasteiger partial charge in [-0.3, -0.25) is 4.79 Å². The van der Waals surface area contributed by atoms with Crippen LogP contribution in [0.25, 0.3) is 0 Å². The number of carboxylic acid groups (broad SMARTS) is 1. The summed E-state index contributed by atoms with van der Waals surface area (Å²) in [5.74, 6) is -1.20. The summed E-state index contributed by atoms with van der Waals surface area (Å²) in [5.41, 5.74) is 0. The molecular weight excluding hydrogens is 258 g/mol. The van der Waals surface area contributed by atoms with E-state index in [1.807, 2.05) is 7.05 Å². The molecule has 0 aromatic heterocycles. The molecule has 0 radical (unpaired) electrons. The summed E-state index contributed by atoms with van der Waals surface area (Å²) in [6.45, 7) is 2.84. The summed E-state index contributed by atoms with van der Waals surface area (Å²) < 4.78 is 0. The maximum Gasteiger partial charge on any atom is 0.319 e. The number of carbonyl (C=O) groups is 2. The predicted octanol–water partition coefficient (Wildman–Crippen LogP) is 0.929. The number of hydrogen-bond donors (Lipinski definition) is 1. The minimum absolute atomic E-state index is 0.0312. The van der Waals surface area contributed by atoms with Crippen LogP contribution in [0.2, 0.25) is 0 Å². The van der Waals surface area contributed by atoms with Crippen molar-refractivity contribution >= 4 is 12.0 Å². The van der Waals surface area contributed by atoms with E-state index in [0.29, 0.717) is 25.6 Å². The van der Waals surface area contributed by atoms with Gasteiger partial charge in [-0.1, -0.05) is 0 Å². The van der Waals surface area contributed by atoms with Crippen LogP contribution in [-0.4, -0.2) is 78.1 Å². The van der Waals surface area contributed by atoms with Crippen molar-refractivity contribution < 1.29 is 14.7 Å². The minimum Gasteiger partial charge on any atom is -0.481 e. The number of likely N-dealkylation sites (N-methyl/N-ethyl adjacent to an activating group) is 2. The van der Waals surface area contributed by atoms with Gasteiger partial charge in [0.2, 0.25) is 0 Å². The smallest absolute Gasteiger partial charge is 0.319 e. The van der Waals surface area contributed by atoms with Gasteiger partial charge in [-0.2, -0.15) is 0 Å². The topological polar surface area (TPSA) is 64.1 Å². The molecule has 2 aliphatic rings. The van der Waals surface area contributed by atoms with Crippen molar-refractivity contribution in [2.24, 2.45) is 5.92 Å². The molecule has 6 nitrogen and oxygen atoms in total. The zero-order valence-corrected chi connectivity index (χ0v) is 12.4. The molecule has 20 heavy (non-hydrogen) atoms. The molecular formula is C14H25N3O3. The highest BCUT2D eigenvalue weighted by molar-refractivity contribution is 5.76. The molecule has 1 unspecified atom stereocenters. The van der Waals surface area contributed by atoms with Gasteiger partial charge in [-0.25, -0.2) is 4.79 Å². The van der Waals surface area contributed by atoms with Gasteiger partial charge in [-0.05, 0) is 39.3 Å². The van der Waals surface area contributed by atoms with Crippen LogP contribution in [0.1, 0.15) is 25.7 Å². The van der Waals surface area contributed by atoms with Crippen LogP contribution in [0.3, 0.4) is 0 Å². The van der Waals surface area contributed by atoms with Crippen molar-refractivity contribution in [3.63, 3.8) is 0 Å². The highest BCUT2D eigenvalue weighted by atomic mass is 16.4. The molecule has 0 saturated carbocycles. The first-order chi connectivity index (χ1) is 9.49. The molecule has 2 atom stereocenters. The fourth-order valence-electron chi connectivity index (χ4n) is 3.20. The molecule has 2 heterocycles. The van der Waals surface area contributed by atoms with E-state index in [2.05, 4.69) is 11.9 Å². The Morgan fingerprint density at radius 3 is 2.55 bits per heavy atom. The number of carbonyl (C=O) groups excluding carboxylic acids is 1. The monoisotopic (exact) mass is 283 g/mol. The normalized spacial score (nSPS) is 27.6. The Bertz CT molecular complexity index is 375. The van der Waals surface area contributed by atoms with E-state index in [-0.39, 0.29) is 6.03 Å². The zero-order valence-electron chi connectivity index (χ0n) is 12.4. The number of aliphatic carboxylic acids is 1. The Hall–Kier alpha value is -1.30. The second kappa shape index (κ2) is 6.43. The van der Waals surface area contributed by atoms with E-state index in [0.717, 1.165) is 25.9 Å². The second-order valence-corrected chi connectivity index (χ2v) is 6.06. The lowest BCUT2D eigenvalue weighted by molar-refractivity contribution is -0.143. The molecule has 2 aliphatic heterocycles. The van der Waals surface area contributed by atoms with Crippen molar-refractivity contribution in [3.05, 3.63) is 0 Å². The van der Waals surface area contributed by atoms with Crippen molar-refractivity contribution in [1.82, 2.24) is 14.7 Å². The minimum atomic E-state index is -0.791. The van der Waals surface area contributed by atoms with E-state index in [1.165, 1.54) is 6.42 Å². The lowest BCUT2D eigenvalue weighted by Crippen LogP contribution is -2.50. The number of hydrogen-bond acceptors (Lipinski definition) is 3. The molecule has 0 aliphatic carbocycles. The third-order valence-corrected chi connectivity index (χ3v) is 4.52. The largest absolute Gasteiger partial charge is 0.481 e. The Morgan fingerprint density at radius 1 is 1.25 bits per heavy atom. The Kier molecular flexibility index (Phi) is 4.86. The fraction of sp³-hybridized carbons (Fsp3) is 0.857. The molecule has 0 aromatic rings. The number of likely N-dealkylation sites (tertiary alicyclic amines) is 2. The first-order valence-corrected chi connectivity index (χ1v) is 7.42. The van der Waals surface area contributed by atoms with Crippen LogP contribution in [0.4, 0.5) is 4.79 Å². The highest BCUT2D eigenvalue weighted by Crippen LogP contribution is 2.19. The van der Waals surface area contributed by atoms with Crippen LogP contribution in [0.5, 0.6) is 0 Å². The molecule has 0 spiro atoms. The van der Waals surface area contributed by atoms with Crippen molar-refractivity contribution in [2.75, 3.05) is 40.3 Å². The molecule has 6 heteroatoms. The van der Waals surface area contributed by atoms with Crippen molar-refractivity contribution in [3.8, 4) is 0 Å². The Balaban J connectivity index is 1.87. The Labute approximate surface area is 120 Å². The van der Waals surface area contributed by atoms with Gasteiger partial charge in [0.05, 0.1) is 5.92 Å². The van der Waals surface area contributed by atoms with Crippen molar-refractivity contribution in [2.45, 2.75) is 31.7 Å². The molecule has 0 bridgehead atoms. The number of piperidine rings is 1. The third kappa shape index (κ3) is 3.42. The van der Waals surface area contributed by atoms with Crippen LogP contribution in [-0.2, 0) is 4.79 Å². The molecule has 114 valence electrons. The summed E-state index contributed by atoms with van der Waals surface area (Å²) in [6.07, 6.45) is 3.77. The molecule has 2 saturated heterocycles. The average Bonchev–Trinajstić information content (AvgIpc) is 2.83. The number of rotatable bonds is 3. The maximum atomic E-state index is 12.4. The van der Waals surface area contributed by atoms with Gasteiger partial charge < -0.3 is 19.8 Å². The number of carboxylic acids is 1. The third-order valence-electron chi connectivity index (χ3n) is 4.52.